The third-order valence-electron chi connectivity index (χ3n) is 3.78. The van der Waals surface area contributed by atoms with Crippen LogP contribution in [0.25, 0.3) is 0 Å². The van der Waals surface area contributed by atoms with Crippen LogP contribution in [0.4, 0.5) is 5.69 Å². The first-order chi connectivity index (χ1) is 13.5. The predicted octanol–water partition coefficient (Wildman–Crippen LogP) is 3.14. The number of carbonyl (C=O) groups excluding carboxylic acids is 3. The number of thioether (sulfide) groups is 1. The van der Waals surface area contributed by atoms with Crippen LogP contribution in [-0.4, -0.2) is 44.9 Å². The fourth-order valence-electron chi connectivity index (χ4n) is 2.35. The van der Waals surface area contributed by atoms with Gasteiger partial charge in [-0.1, -0.05) is 12.1 Å². The molecule has 0 heterocycles. The van der Waals surface area contributed by atoms with Crippen LogP contribution in [0.2, 0.25) is 0 Å². The monoisotopic (exact) mass is 403 g/mol. The van der Waals surface area contributed by atoms with Crippen molar-refractivity contribution in [1.82, 2.24) is 0 Å². The molecule has 0 atom stereocenters. The van der Waals surface area contributed by atoms with Gasteiger partial charge in [0.2, 0.25) is 5.91 Å². The minimum Gasteiger partial charge on any atom is -0.497 e. The number of nitrogens with one attached hydrogen (secondary N) is 1. The number of hydrogen-bond acceptors (Lipinski definition) is 7. The molecule has 0 saturated heterocycles. The van der Waals surface area contributed by atoms with Gasteiger partial charge in [0.15, 0.2) is 0 Å². The van der Waals surface area contributed by atoms with Crippen LogP contribution in [0.3, 0.4) is 0 Å². The summed E-state index contributed by atoms with van der Waals surface area (Å²) in [6, 6.07) is 11.8. The molecule has 2 aromatic rings. The Kier molecular flexibility index (Phi) is 7.88. The second-order valence-corrected chi connectivity index (χ2v) is 6.62. The Morgan fingerprint density at radius 1 is 0.929 bits per heavy atom. The molecule has 8 heteroatoms. The summed E-state index contributed by atoms with van der Waals surface area (Å²) in [6.07, 6.45) is 0. The number of rotatable bonds is 8. The van der Waals surface area contributed by atoms with Gasteiger partial charge < -0.3 is 19.5 Å². The summed E-state index contributed by atoms with van der Waals surface area (Å²) in [5, 5.41) is 2.66. The molecule has 2 rings (SSSR count). The molecule has 0 aromatic heterocycles. The second kappa shape index (κ2) is 10.4. The van der Waals surface area contributed by atoms with Crippen LogP contribution in [0.1, 0.15) is 26.3 Å². The minimum atomic E-state index is -0.613. The highest BCUT2D eigenvalue weighted by Crippen LogP contribution is 2.21. The van der Waals surface area contributed by atoms with Gasteiger partial charge in [0.05, 0.1) is 43.9 Å². The van der Waals surface area contributed by atoms with E-state index >= 15 is 0 Å². The van der Waals surface area contributed by atoms with E-state index in [0.717, 1.165) is 11.3 Å². The van der Waals surface area contributed by atoms with Crippen LogP contribution < -0.4 is 10.1 Å². The molecular weight excluding hydrogens is 382 g/mol. The molecule has 0 saturated carbocycles. The van der Waals surface area contributed by atoms with E-state index in [2.05, 4.69) is 10.1 Å². The standard InChI is InChI=1S/C20H21NO6S/c1-25-15-7-4-13(5-8-15)11-28-12-18(22)21-17-10-14(19(23)26-2)6-9-16(17)20(24)27-3/h4-10H,11-12H2,1-3H3,(H,21,22). The van der Waals surface area contributed by atoms with E-state index in [4.69, 9.17) is 9.47 Å². The van der Waals surface area contributed by atoms with E-state index < -0.39 is 11.9 Å². The highest BCUT2D eigenvalue weighted by molar-refractivity contribution is 7.99. The number of methoxy groups -OCH3 is 3. The predicted molar refractivity (Wildman–Crippen MR) is 107 cm³/mol. The summed E-state index contributed by atoms with van der Waals surface area (Å²) in [5.41, 5.74) is 1.63. The van der Waals surface area contributed by atoms with Gasteiger partial charge in [0, 0.05) is 5.75 Å². The Bertz CT molecular complexity index is 850. The summed E-state index contributed by atoms with van der Waals surface area (Å²) < 4.78 is 14.5. The summed E-state index contributed by atoms with van der Waals surface area (Å²) in [5.74, 6) is 0.106. The quantitative estimate of drug-likeness (QED) is 0.677. The van der Waals surface area contributed by atoms with Crippen molar-refractivity contribution in [3.63, 3.8) is 0 Å². The lowest BCUT2D eigenvalue weighted by molar-refractivity contribution is -0.113. The molecule has 0 aliphatic carbocycles. The van der Waals surface area contributed by atoms with E-state index in [-0.39, 0.29) is 28.5 Å². The number of amides is 1. The second-order valence-electron chi connectivity index (χ2n) is 5.63. The van der Waals surface area contributed by atoms with E-state index in [1.54, 1.807) is 7.11 Å². The molecule has 1 N–H and O–H groups in total. The van der Waals surface area contributed by atoms with E-state index in [1.807, 2.05) is 24.3 Å². The summed E-state index contributed by atoms with van der Waals surface area (Å²) in [6.45, 7) is 0. The van der Waals surface area contributed by atoms with Crippen molar-refractivity contribution in [3.05, 3.63) is 59.2 Å². The Morgan fingerprint density at radius 3 is 2.21 bits per heavy atom. The van der Waals surface area contributed by atoms with Gasteiger partial charge >= 0.3 is 11.9 Å². The molecule has 0 fully saturated rings. The molecule has 7 nitrogen and oxygen atoms in total. The highest BCUT2D eigenvalue weighted by atomic mass is 32.2. The zero-order chi connectivity index (χ0) is 20.5. The van der Waals surface area contributed by atoms with Gasteiger partial charge in [-0.3, -0.25) is 4.79 Å². The molecule has 1 amide bonds. The SMILES string of the molecule is COC(=O)c1ccc(C(=O)OC)c(NC(=O)CSCc2ccc(OC)cc2)c1. The smallest absolute Gasteiger partial charge is 0.339 e. The van der Waals surface area contributed by atoms with Crippen molar-refractivity contribution < 1.29 is 28.6 Å². The van der Waals surface area contributed by atoms with Crippen LogP contribution in [-0.2, 0) is 20.0 Å². The maximum Gasteiger partial charge on any atom is 0.339 e. The van der Waals surface area contributed by atoms with Gasteiger partial charge in [0.25, 0.3) is 0 Å². The number of hydrogen-bond donors (Lipinski definition) is 1. The number of ether oxygens (including phenoxy) is 3. The number of anilines is 1. The van der Waals surface area contributed by atoms with Crippen LogP contribution in [0, 0.1) is 0 Å². The van der Waals surface area contributed by atoms with E-state index in [9.17, 15) is 14.4 Å². The third-order valence-corrected chi connectivity index (χ3v) is 4.78. The normalized spacial score (nSPS) is 10.1. The molecule has 0 bridgehead atoms. The lowest BCUT2D eigenvalue weighted by Gasteiger charge is -2.11. The summed E-state index contributed by atoms with van der Waals surface area (Å²) in [7, 11) is 4.10. The van der Waals surface area contributed by atoms with E-state index in [1.165, 1.54) is 44.2 Å². The van der Waals surface area contributed by atoms with E-state index in [0.29, 0.717) is 5.75 Å². The maximum atomic E-state index is 12.3. The Hall–Kier alpha value is -3.00. The van der Waals surface area contributed by atoms with Gasteiger partial charge in [-0.2, -0.15) is 0 Å². The van der Waals surface area contributed by atoms with Gasteiger partial charge in [0.1, 0.15) is 5.75 Å². The van der Waals surface area contributed by atoms with Crippen LogP contribution >= 0.6 is 11.8 Å². The first-order valence-electron chi connectivity index (χ1n) is 8.29. The number of benzene rings is 2. The van der Waals surface area contributed by atoms with Crippen molar-refractivity contribution >= 4 is 35.3 Å². The fraction of sp³-hybridized carbons (Fsp3) is 0.250. The molecule has 0 aliphatic heterocycles. The maximum absolute atomic E-state index is 12.3. The topological polar surface area (TPSA) is 90.9 Å². The Labute approximate surface area is 167 Å². The van der Waals surface area contributed by atoms with Crippen LogP contribution in [0.15, 0.2) is 42.5 Å². The largest absolute Gasteiger partial charge is 0.497 e. The lowest BCUT2D eigenvalue weighted by atomic mass is 10.1. The van der Waals surface area contributed by atoms with Crippen molar-refractivity contribution in [2.75, 3.05) is 32.4 Å². The molecule has 28 heavy (non-hydrogen) atoms. The summed E-state index contributed by atoms with van der Waals surface area (Å²) >= 11 is 1.42. The summed E-state index contributed by atoms with van der Waals surface area (Å²) in [4.78, 5) is 35.9. The number of esters is 2. The molecular formula is C20H21NO6S. The van der Waals surface area contributed by atoms with Crippen molar-refractivity contribution in [2.45, 2.75) is 5.75 Å². The molecule has 0 radical (unpaired) electrons. The number of carbonyl (C=O) groups is 3. The Balaban J connectivity index is 2.02. The zero-order valence-corrected chi connectivity index (χ0v) is 16.6. The van der Waals surface area contributed by atoms with Gasteiger partial charge in [-0.05, 0) is 35.9 Å². The fourth-order valence-corrected chi connectivity index (χ4v) is 3.14. The molecule has 148 valence electrons. The third kappa shape index (κ3) is 5.75. The van der Waals surface area contributed by atoms with Crippen LogP contribution in [0.5, 0.6) is 5.75 Å². The first kappa shape index (κ1) is 21.3. The lowest BCUT2D eigenvalue weighted by Crippen LogP contribution is -2.18. The molecule has 2 aromatic carbocycles. The molecule has 0 aliphatic rings. The minimum absolute atomic E-state index is 0.156. The van der Waals surface area contributed by atoms with Crippen molar-refractivity contribution in [3.8, 4) is 5.75 Å². The highest BCUT2D eigenvalue weighted by Gasteiger charge is 2.17. The molecule has 0 spiro atoms. The first-order valence-corrected chi connectivity index (χ1v) is 9.45. The Morgan fingerprint density at radius 2 is 1.61 bits per heavy atom. The molecule has 0 unspecified atom stereocenters. The van der Waals surface area contributed by atoms with Gasteiger partial charge in [-0.25, -0.2) is 9.59 Å². The van der Waals surface area contributed by atoms with Crippen molar-refractivity contribution in [1.29, 1.82) is 0 Å². The van der Waals surface area contributed by atoms with Crippen molar-refractivity contribution in [2.24, 2.45) is 0 Å². The average Bonchev–Trinajstić information content (AvgIpc) is 2.73. The van der Waals surface area contributed by atoms with Gasteiger partial charge in [-0.15, -0.1) is 11.8 Å². The zero-order valence-electron chi connectivity index (χ0n) is 15.8. The average molecular weight is 403 g/mol.